The molecule has 9 heteroatoms. The molecule has 0 spiro atoms. The van der Waals surface area contributed by atoms with E-state index in [2.05, 4.69) is 9.97 Å². The number of methoxy groups -OCH3 is 1. The Morgan fingerprint density at radius 1 is 1.07 bits per heavy atom. The summed E-state index contributed by atoms with van der Waals surface area (Å²) in [5.41, 5.74) is -0.698. The standard InChI is InChI=1S/C21H16F2N2O4.Na/c1-28-14-6-7-16(23)15(10-14)17-11-18(29-21(8-9-21)20(26)27)25-19(24-17)12-2-4-13(22)5-3-12;/h2-7,10-11H,8-9H2,1H3,(H,26,27);/q;+1/p-1. The number of hydrogen-bond donors (Lipinski definition) is 0. The zero-order valence-electron chi connectivity index (χ0n) is 16.3. The van der Waals surface area contributed by atoms with Gasteiger partial charge in [0.1, 0.15) is 17.4 Å². The van der Waals surface area contributed by atoms with E-state index in [-0.39, 0.29) is 65.4 Å². The molecule has 6 nitrogen and oxygen atoms in total. The van der Waals surface area contributed by atoms with Crippen LogP contribution in [0.3, 0.4) is 0 Å². The minimum absolute atomic E-state index is 0. The second-order valence-corrected chi connectivity index (χ2v) is 6.65. The molecule has 0 bridgehead atoms. The van der Waals surface area contributed by atoms with Crippen LogP contribution in [0.15, 0.2) is 48.5 Å². The maximum absolute atomic E-state index is 14.5. The summed E-state index contributed by atoms with van der Waals surface area (Å²) in [7, 11) is 1.45. The normalized spacial score (nSPS) is 13.8. The first-order valence-electron chi connectivity index (χ1n) is 8.80. The van der Waals surface area contributed by atoms with Gasteiger partial charge in [-0.3, -0.25) is 0 Å². The average Bonchev–Trinajstić information content (AvgIpc) is 3.49. The molecule has 4 rings (SSSR count). The summed E-state index contributed by atoms with van der Waals surface area (Å²) < 4.78 is 38.5. The Morgan fingerprint density at radius 3 is 2.37 bits per heavy atom. The van der Waals surface area contributed by atoms with Gasteiger partial charge < -0.3 is 19.4 Å². The van der Waals surface area contributed by atoms with E-state index in [1.54, 1.807) is 0 Å². The number of carboxylic acids is 1. The maximum Gasteiger partial charge on any atom is 1.00 e. The van der Waals surface area contributed by atoms with Gasteiger partial charge in [-0.1, -0.05) is 0 Å². The molecule has 0 amide bonds. The third-order valence-corrected chi connectivity index (χ3v) is 4.63. The van der Waals surface area contributed by atoms with Crippen LogP contribution < -0.4 is 44.1 Å². The van der Waals surface area contributed by atoms with E-state index < -0.39 is 23.2 Å². The van der Waals surface area contributed by atoms with E-state index >= 15 is 0 Å². The number of carbonyl (C=O) groups is 1. The molecule has 1 aromatic heterocycles. The van der Waals surface area contributed by atoms with Crippen molar-refractivity contribution < 1.29 is 57.7 Å². The first kappa shape index (κ1) is 22.1. The van der Waals surface area contributed by atoms with Crippen molar-refractivity contribution >= 4 is 5.97 Å². The van der Waals surface area contributed by atoms with Crippen LogP contribution in [0.4, 0.5) is 8.78 Å². The monoisotopic (exact) mass is 420 g/mol. The molecule has 0 radical (unpaired) electrons. The van der Waals surface area contributed by atoms with Crippen molar-refractivity contribution in [1.82, 2.24) is 9.97 Å². The zero-order chi connectivity index (χ0) is 20.6. The summed E-state index contributed by atoms with van der Waals surface area (Å²) in [6.45, 7) is 0. The summed E-state index contributed by atoms with van der Waals surface area (Å²) >= 11 is 0. The molecule has 1 saturated carbocycles. The van der Waals surface area contributed by atoms with Gasteiger partial charge >= 0.3 is 29.6 Å². The summed E-state index contributed by atoms with van der Waals surface area (Å²) in [6, 6.07) is 10.9. The molecule has 1 fully saturated rings. The van der Waals surface area contributed by atoms with Gasteiger partial charge in [0.05, 0.1) is 18.8 Å². The minimum Gasteiger partial charge on any atom is -0.546 e. The summed E-state index contributed by atoms with van der Waals surface area (Å²) in [6.07, 6.45) is 0.572. The number of carbonyl (C=O) groups excluding carboxylic acids is 1. The SMILES string of the molecule is COc1ccc(F)c(-c2cc(OC3(C(=O)[O-])CC3)nc(-c3ccc(F)cc3)n2)c1.[Na+]. The van der Waals surface area contributed by atoms with Crippen molar-refractivity contribution in [2.24, 2.45) is 0 Å². The number of ether oxygens (including phenoxy) is 2. The van der Waals surface area contributed by atoms with Gasteiger partial charge in [0.2, 0.25) is 5.88 Å². The van der Waals surface area contributed by atoms with Crippen LogP contribution in [-0.4, -0.2) is 28.6 Å². The fraction of sp³-hybridized carbons (Fsp3) is 0.190. The molecule has 1 aliphatic carbocycles. The topological polar surface area (TPSA) is 84.4 Å². The van der Waals surface area contributed by atoms with Crippen LogP contribution in [-0.2, 0) is 4.79 Å². The van der Waals surface area contributed by atoms with Crippen molar-refractivity contribution in [1.29, 1.82) is 0 Å². The zero-order valence-corrected chi connectivity index (χ0v) is 18.3. The van der Waals surface area contributed by atoms with E-state index in [9.17, 15) is 18.7 Å². The smallest absolute Gasteiger partial charge is 0.546 e. The molecule has 1 aliphatic rings. The van der Waals surface area contributed by atoms with E-state index in [0.717, 1.165) is 0 Å². The van der Waals surface area contributed by atoms with Crippen molar-refractivity contribution in [2.45, 2.75) is 18.4 Å². The second kappa shape index (κ2) is 8.67. The molecule has 148 valence electrons. The molecule has 0 atom stereocenters. The van der Waals surface area contributed by atoms with Crippen LogP contribution in [0.5, 0.6) is 11.6 Å². The molecule has 30 heavy (non-hydrogen) atoms. The first-order valence-corrected chi connectivity index (χ1v) is 8.80. The largest absolute Gasteiger partial charge is 1.00 e. The van der Waals surface area contributed by atoms with E-state index in [1.165, 1.54) is 55.6 Å². The Hall–Kier alpha value is -2.55. The molecular weight excluding hydrogens is 405 g/mol. The van der Waals surface area contributed by atoms with Crippen molar-refractivity contribution in [2.75, 3.05) is 7.11 Å². The maximum atomic E-state index is 14.5. The van der Waals surface area contributed by atoms with Crippen LogP contribution in [0.25, 0.3) is 22.6 Å². The third kappa shape index (κ3) is 4.45. The van der Waals surface area contributed by atoms with Crippen molar-refractivity contribution in [3.05, 3.63) is 60.2 Å². The molecule has 1 heterocycles. The van der Waals surface area contributed by atoms with Crippen LogP contribution in [0.1, 0.15) is 12.8 Å². The van der Waals surface area contributed by atoms with Gasteiger partial charge in [-0.25, -0.2) is 13.8 Å². The quantitative estimate of drug-likeness (QED) is 0.512. The Kier molecular flexibility index (Phi) is 6.40. The molecule has 2 aromatic carbocycles. The van der Waals surface area contributed by atoms with Gasteiger partial charge in [-0.15, -0.1) is 0 Å². The average molecular weight is 420 g/mol. The van der Waals surface area contributed by atoms with Gasteiger partial charge in [0.15, 0.2) is 11.4 Å². The first-order chi connectivity index (χ1) is 13.9. The fourth-order valence-corrected chi connectivity index (χ4v) is 2.83. The predicted molar refractivity (Wildman–Crippen MR) is 97.0 cm³/mol. The number of aromatic nitrogens is 2. The number of nitrogens with zero attached hydrogens (tertiary/aromatic N) is 2. The number of halogens is 2. The van der Waals surface area contributed by atoms with E-state index in [1.807, 2.05) is 0 Å². The summed E-state index contributed by atoms with van der Waals surface area (Å²) in [4.78, 5) is 20.0. The van der Waals surface area contributed by atoms with Gasteiger partial charge in [0.25, 0.3) is 0 Å². The molecule has 3 aromatic rings. The van der Waals surface area contributed by atoms with Crippen molar-refractivity contribution in [3.63, 3.8) is 0 Å². The molecule has 0 aliphatic heterocycles. The number of carboxylic acid groups (broad SMARTS) is 1. The van der Waals surface area contributed by atoms with Crippen LogP contribution >= 0.6 is 0 Å². The van der Waals surface area contributed by atoms with E-state index in [4.69, 9.17) is 9.47 Å². The Balaban J connectivity index is 0.00000256. The minimum atomic E-state index is -1.45. The molecule has 0 saturated heterocycles. The van der Waals surface area contributed by atoms with Crippen molar-refractivity contribution in [3.8, 4) is 34.3 Å². The summed E-state index contributed by atoms with van der Waals surface area (Å²) in [5.74, 6) is -1.82. The number of hydrogen-bond acceptors (Lipinski definition) is 6. The number of aliphatic carboxylic acids is 1. The fourth-order valence-electron chi connectivity index (χ4n) is 2.83. The second-order valence-electron chi connectivity index (χ2n) is 6.65. The van der Waals surface area contributed by atoms with Crippen LogP contribution in [0, 0.1) is 11.6 Å². The number of benzene rings is 2. The predicted octanol–water partition coefficient (Wildman–Crippen LogP) is -0.237. The third-order valence-electron chi connectivity index (χ3n) is 4.63. The molecule has 0 unspecified atom stereocenters. The van der Waals surface area contributed by atoms with Crippen LogP contribution in [0.2, 0.25) is 0 Å². The van der Waals surface area contributed by atoms with E-state index in [0.29, 0.717) is 11.3 Å². The summed E-state index contributed by atoms with van der Waals surface area (Å²) in [5, 5.41) is 11.4. The Labute approximate surface area is 193 Å². The molecule has 0 N–H and O–H groups in total. The van der Waals surface area contributed by atoms with Gasteiger partial charge in [-0.05, 0) is 55.3 Å². The molecular formula is C21H15F2N2NaO4. The van der Waals surface area contributed by atoms with Gasteiger partial charge in [0, 0.05) is 17.2 Å². The Morgan fingerprint density at radius 2 is 1.77 bits per heavy atom. The number of rotatable bonds is 6. The Bertz CT molecular complexity index is 1090. The van der Waals surface area contributed by atoms with Gasteiger partial charge in [-0.2, -0.15) is 4.98 Å².